The third kappa shape index (κ3) is 2.06. The van der Waals surface area contributed by atoms with Gasteiger partial charge in [-0.05, 0) is 12.0 Å². The van der Waals surface area contributed by atoms with Gasteiger partial charge in [-0.2, -0.15) is 0 Å². The molecule has 0 aliphatic rings. The van der Waals surface area contributed by atoms with Crippen molar-refractivity contribution in [2.24, 2.45) is 24.6 Å². The third-order valence-corrected chi connectivity index (χ3v) is 3.56. The lowest BCUT2D eigenvalue weighted by Gasteiger charge is -2.16. The Morgan fingerprint density at radius 3 is 2.61 bits per heavy atom. The van der Waals surface area contributed by atoms with Crippen molar-refractivity contribution < 1.29 is 4.79 Å². The number of hydrogen-bond acceptors (Lipinski definition) is 2. The lowest BCUT2D eigenvalue weighted by molar-refractivity contribution is 0.0893. The van der Waals surface area contributed by atoms with Gasteiger partial charge in [-0.1, -0.05) is 32.0 Å². The van der Waals surface area contributed by atoms with E-state index in [1.54, 1.807) is 0 Å². The Hall–Kier alpha value is -1.61. The minimum Gasteiger partial charge on any atom is -0.350 e. The van der Waals surface area contributed by atoms with Crippen LogP contribution in [0.4, 0.5) is 0 Å². The van der Waals surface area contributed by atoms with E-state index in [1.807, 2.05) is 55.9 Å². The van der Waals surface area contributed by atoms with E-state index in [0.717, 1.165) is 16.5 Å². The maximum absolute atomic E-state index is 12.6. The molecule has 0 amide bonds. The van der Waals surface area contributed by atoms with Crippen LogP contribution in [-0.4, -0.2) is 16.9 Å². The zero-order chi connectivity index (χ0) is 13.3. The van der Waals surface area contributed by atoms with Gasteiger partial charge in [0.25, 0.3) is 0 Å². The number of hydrogen-bond donors (Lipinski definition) is 1. The number of nitrogens with two attached hydrogens (primary N) is 1. The predicted molar refractivity (Wildman–Crippen MR) is 74.6 cm³/mol. The molecule has 3 heteroatoms. The molecular formula is C15H20N2O. The first kappa shape index (κ1) is 12.8. The Morgan fingerprint density at radius 1 is 1.33 bits per heavy atom. The fraction of sp³-hybridized carbons (Fsp3) is 0.400. The summed E-state index contributed by atoms with van der Waals surface area (Å²) in [6, 6.07) is 7.97. The molecule has 0 saturated carbocycles. The summed E-state index contributed by atoms with van der Waals surface area (Å²) < 4.78 is 2.00. The standard InChI is InChI=1S/C15H20N2O/c1-10(2)12(8-16)15(18)13-9-17(3)14-7-5-4-6-11(13)14/h4-7,9-10,12H,8,16H2,1-3H3. The Kier molecular flexibility index (Phi) is 3.53. The van der Waals surface area contributed by atoms with Crippen molar-refractivity contribution in [3.63, 3.8) is 0 Å². The van der Waals surface area contributed by atoms with Gasteiger partial charge in [0.15, 0.2) is 5.78 Å². The molecule has 2 aromatic rings. The molecule has 0 saturated heterocycles. The summed E-state index contributed by atoms with van der Waals surface area (Å²) in [4.78, 5) is 12.6. The van der Waals surface area contributed by atoms with E-state index < -0.39 is 0 Å². The summed E-state index contributed by atoms with van der Waals surface area (Å²) in [7, 11) is 1.96. The van der Waals surface area contributed by atoms with E-state index in [4.69, 9.17) is 5.73 Å². The number of benzene rings is 1. The van der Waals surface area contributed by atoms with Gasteiger partial charge in [-0.25, -0.2) is 0 Å². The van der Waals surface area contributed by atoms with Crippen molar-refractivity contribution in [2.45, 2.75) is 13.8 Å². The monoisotopic (exact) mass is 244 g/mol. The Morgan fingerprint density at radius 2 is 2.00 bits per heavy atom. The normalized spacial score (nSPS) is 13.2. The summed E-state index contributed by atoms with van der Waals surface area (Å²) in [6.45, 7) is 4.49. The lowest BCUT2D eigenvalue weighted by Crippen LogP contribution is -2.28. The molecule has 1 aromatic heterocycles. The van der Waals surface area contributed by atoms with Gasteiger partial charge in [0.2, 0.25) is 0 Å². The number of aromatic nitrogens is 1. The quantitative estimate of drug-likeness (QED) is 0.840. The molecule has 1 heterocycles. The van der Waals surface area contributed by atoms with Crippen LogP contribution in [0.3, 0.4) is 0 Å². The SMILES string of the molecule is CC(C)C(CN)C(=O)c1cn(C)c2ccccc12. The smallest absolute Gasteiger partial charge is 0.169 e. The number of nitrogens with zero attached hydrogens (tertiary/aromatic N) is 1. The highest BCUT2D eigenvalue weighted by molar-refractivity contribution is 6.09. The third-order valence-electron chi connectivity index (χ3n) is 3.56. The molecule has 2 rings (SSSR count). The highest BCUT2D eigenvalue weighted by atomic mass is 16.1. The second-order valence-corrected chi connectivity index (χ2v) is 5.12. The van der Waals surface area contributed by atoms with Gasteiger partial charge < -0.3 is 10.3 Å². The largest absolute Gasteiger partial charge is 0.350 e. The van der Waals surface area contributed by atoms with E-state index in [2.05, 4.69) is 0 Å². The van der Waals surface area contributed by atoms with E-state index in [0.29, 0.717) is 6.54 Å². The predicted octanol–water partition coefficient (Wildman–Crippen LogP) is 2.59. The molecule has 0 bridgehead atoms. The van der Waals surface area contributed by atoms with Gasteiger partial charge in [0.05, 0.1) is 0 Å². The van der Waals surface area contributed by atoms with Crippen molar-refractivity contribution in [3.8, 4) is 0 Å². The molecule has 0 aliphatic carbocycles. The van der Waals surface area contributed by atoms with Crippen LogP contribution in [-0.2, 0) is 7.05 Å². The molecule has 2 N–H and O–H groups in total. The average Bonchev–Trinajstić information content (AvgIpc) is 2.68. The maximum atomic E-state index is 12.6. The molecule has 0 spiro atoms. The van der Waals surface area contributed by atoms with Crippen LogP contribution in [0, 0.1) is 11.8 Å². The van der Waals surface area contributed by atoms with Crippen molar-refractivity contribution >= 4 is 16.7 Å². The summed E-state index contributed by atoms with van der Waals surface area (Å²) in [6.07, 6.45) is 1.91. The number of rotatable bonds is 4. The molecule has 1 atom stereocenters. The molecule has 18 heavy (non-hydrogen) atoms. The van der Waals surface area contributed by atoms with Crippen molar-refractivity contribution in [3.05, 3.63) is 36.0 Å². The van der Waals surface area contributed by atoms with Crippen LogP contribution < -0.4 is 5.73 Å². The first-order valence-electron chi connectivity index (χ1n) is 6.34. The van der Waals surface area contributed by atoms with Crippen LogP contribution >= 0.6 is 0 Å². The highest BCUT2D eigenvalue weighted by Crippen LogP contribution is 2.25. The second-order valence-electron chi connectivity index (χ2n) is 5.12. The summed E-state index contributed by atoms with van der Waals surface area (Å²) >= 11 is 0. The molecule has 1 unspecified atom stereocenters. The van der Waals surface area contributed by atoms with Crippen LogP contribution in [0.15, 0.2) is 30.5 Å². The molecular weight excluding hydrogens is 224 g/mol. The Bertz CT molecular complexity index is 569. The number of fused-ring (bicyclic) bond motifs is 1. The molecule has 3 nitrogen and oxygen atoms in total. The van der Waals surface area contributed by atoms with Crippen molar-refractivity contribution in [1.29, 1.82) is 0 Å². The molecule has 0 radical (unpaired) electrons. The number of aryl methyl sites for hydroxylation is 1. The van der Waals surface area contributed by atoms with Crippen LogP contribution in [0.2, 0.25) is 0 Å². The van der Waals surface area contributed by atoms with Crippen LogP contribution in [0.25, 0.3) is 10.9 Å². The zero-order valence-corrected chi connectivity index (χ0v) is 11.2. The van der Waals surface area contributed by atoms with E-state index in [1.165, 1.54) is 0 Å². The van der Waals surface area contributed by atoms with E-state index in [9.17, 15) is 4.79 Å². The number of ketones is 1. The number of para-hydroxylation sites is 1. The molecule has 0 fully saturated rings. The van der Waals surface area contributed by atoms with Gasteiger partial charge in [0.1, 0.15) is 0 Å². The summed E-state index contributed by atoms with van der Waals surface area (Å²) in [5, 5.41) is 1.02. The summed E-state index contributed by atoms with van der Waals surface area (Å²) in [5.41, 5.74) is 7.61. The lowest BCUT2D eigenvalue weighted by atomic mass is 9.88. The topological polar surface area (TPSA) is 48.0 Å². The first-order chi connectivity index (χ1) is 8.56. The van der Waals surface area contributed by atoms with Crippen LogP contribution in [0.5, 0.6) is 0 Å². The van der Waals surface area contributed by atoms with Gasteiger partial charge in [-0.3, -0.25) is 4.79 Å². The van der Waals surface area contributed by atoms with Crippen LogP contribution in [0.1, 0.15) is 24.2 Å². The molecule has 1 aromatic carbocycles. The molecule has 0 aliphatic heterocycles. The van der Waals surface area contributed by atoms with E-state index >= 15 is 0 Å². The van der Waals surface area contributed by atoms with E-state index in [-0.39, 0.29) is 17.6 Å². The Balaban J connectivity index is 2.51. The number of Topliss-reactive ketones (excluding diaryl/α,β-unsaturated/α-hetero) is 1. The minimum absolute atomic E-state index is 0.101. The van der Waals surface area contributed by atoms with Crippen molar-refractivity contribution in [2.75, 3.05) is 6.54 Å². The summed E-state index contributed by atoms with van der Waals surface area (Å²) in [5.74, 6) is 0.321. The van der Waals surface area contributed by atoms with Crippen molar-refractivity contribution in [1.82, 2.24) is 4.57 Å². The fourth-order valence-corrected chi connectivity index (χ4v) is 2.42. The zero-order valence-electron chi connectivity index (χ0n) is 11.2. The first-order valence-corrected chi connectivity index (χ1v) is 6.34. The van der Waals surface area contributed by atoms with Gasteiger partial charge in [-0.15, -0.1) is 0 Å². The van der Waals surface area contributed by atoms with Gasteiger partial charge >= 0.3 is 0 Å². The highest BCUT2D eigenvalue weighted by Gasteiger charge is 2.24. The number of carbonyl (C=O) groups is 1. The Labute approximate surface area is 108 Å². The fourth-order valence-electron chi connectivity index (χ4n) is 2.42. The molecule has 96 valence electrons. The maximum Gasteiger partial charge on any atom is 0.169 e. The van der Waals surface area contributed by atoms with Gasteiger partial charge in [0, 0.05) is 42.2 Å². The second kappa shape index (κ2) is 4.94. The number of carbonyl (C=O) groups excluding carboxylic acids is 1. The minimum atomic E-state index is -0.101. The average molecular weight is 244 g/mol.